The average molecular weight is 300 g/mol. The highest BCUT2D eigenvalue weighted by molar-refractivity contribution is 5.92. The Bertz CT molecular complexity index is 415. The summed E-state index contributed by atoms with van der Waals surface area (Å²) in [5.74, 6) is -0.325. The van der Waals surface area contributed by atoms with Gasteiger partial charge in [0.1, 0.15) is 18.1 Å². The highest BCUT2D eigenvalue weighted by atomic mass is 35.5. The van der Waals surface area contributed by atoms with Crippen molar-refractivity contribution in [3.05, 3.63) is 23.9 Å². The lowest BCUT2D eigenvalue weighted by molar-refractivity contribution is -0.173. The van der Waals surface area contributed by atoms with Gasteiger partial charge >= 0.3 is 6.18 Å². The fourth-order valence-corrected chi connectivity index (χ4v) is 1.09. The Morgan fingerprint density at radius 2 is 2.11 bits per heavy atom. The van der Waals surface area contributed by atoms with Crippen molar-refractivity contribution in [1.82, 2.24) is 10.3 Å². The molecule has 0 spiro atoms. The number of halogens is 4. The predicted octanol–water partition coefficient (Wildman–Crippen LogP) is 1.39. The quantitative estimate of drug-likeness (QED) is 0.806. The molecule has 19 heavy (non-hydrogen) atoms. The third kappa shape index (κ3) is 7.47. The van der Waals surface area contributed by atoms with Crippen LogP contribution < -0.4 is 11.1 Å². The summed E-state index contributed by atoms with van der Waals surface area (Å²) in [7, 11) is 0. The zero-order valence-electron chi connectivity index (χ0n) is 9.74. The number of alkyl halides is 3. The second kappa shape index (κ2) is 7.80. The van der Waals surface area contributed by atoms with Crippen LogP contribution in [0.4, 0.5) is 19.0 Å². The Morgan fingerprint density at radius 3 is 2.68 bits per heavy atom. The Labute approximate surface area is 113 Å². The second-order valence-corrected chi connectivity index (χ2v) is 3.37. The van der Waals surface area contributed by atoms with Gasteiger partial charge in [-0.15, -0.1) is 12.4 Å². The molecule has 3 N–H and O–H groups in total. The summed E-state index contributed by atoms with van der Waals surface area (Å²) < 4.78 is 39.5. The normalized spacial score (nSPS) is 10.7. The van der Waals surface area contributed by atoms with Crippen LogP contribution in [0.1, 0.15) is 10.5 Å². The standard InChI is InChI=1S/C10H12F3N3O2.ClH/c11-10(12,13)6-18-5-4-15-9(17)7-2-1-3-8(14)16-7;/h1-3H,4-6H2,(H2,14,16)(H,15,17);1H. The number of carbonyl (C=O) groups is 1. The minimum absolute atomic E-state index is 0. The number of nitrogens with zero attached hydrogens (tertiary/aromatic N) is 1. The van der Waals surface area contributed by atoms with E-state index in [1.165, 1.54) is 12.1 Å². The molecule has 1 aromatic rings. The van der Waals surface area contributed by atoms with Gasteiger partial charge in [0.2, 0.25) is 0 Å². The Hall–Kier alpha value is -1.54. The molecule has 0 aromatic carbocycles. The number of anilines is 1. The van der Waals surface area contributed by atoms with Gasteiger partial charge in [0.05, 0.1) is 6.61 Å². The van der Waals surface area contributed by atoms with Crippen LogP contribution in [0.15, 0.2) is 18.2 Å². The fraction of sp³-hybridized carbons (Fsp3) is 0.400. The summed E-state index contributed by atoms with van der Waals surface area (Å²) in [6.45, 7) is -1.60. The summed E-state index contributed by atoms with van der Waals surface area (Å²) in [5.41, 5.74) is 5.48. The van der Waals surface area contributed by atoms with Crippen molar-refractivity contribution in [2.45, 2.75) is 6.18 Å². The molecular weight excluding hydrogens is 287 g/mol. The number of rotatable bonds is 5. The van der Waals surface area contributed by atoms with E-state index in [0.29, 0.717) is 0 Å². The van der Waals surface area contributed by atoms with Gasteiger partial charge in [0, 0.05) is 6.54 Å². The number of nitrogens with one attached hydrogen (secondary N) is 1. The fourth-order valence-electron chi connectivity index (χ4n) is 1.09. The maximum absolute atomic E-state index is 11.7. The van der Waals surface area contributed by atoms with Crippen molar-refractivity contribution in [2.75, 3.05) is 25.5 Å². The van der Waals surface area contributed by atoms with Gasteiger partial charge in [-0.25, -0.2) is 4.98 Å². The van der Waals surface area contributed by atoms with E-state index >= 15 is 0 Å². The Kier molecular flexibility index (Phi) is 7.17. The molecule has 1 aromatic heterocycles. The summed E-state index contributed by atoms with van der Waals surface area (Å²) in [5, 5.41) is 2.36. The van der Waals surface area contributed by atoms with Crippen molar-refractivity contribution in [1.29, 1.82) is 0 Å². The molecule has 1 rings (SSSR count). The van der Waals surface area contributed by atoms with Crippen LogP contribution in [0, 0.1) is 0 Å². The SMILES string of the molecule is Cl.Nc1cccc(C(=O)NCCOCC(F)(F)F)n1. The molecule has 1 amide bonds. The summed E-state index contributed by atoms with van der Waals surface area (Å²) in [4.78, 5) is 15.2. The lowest BCUT2D eigenvalue weighted by Gasteiger charge is -2.08. The largest absolute Gasteiger partial charge is 0.411 e. The van der Waals surface area contributed by atoms with Gasteiger partial charge in [-0.1, -0.05) is 6.07 Å². The van der Waals surface area contributed by atoms with Gasteiger partial charge in [-0.2, -0.15) is 13.2 Å². The number of amides is 1. The Morgan fingerprint density at radius 1 is 1.42 bits per heavy atom. The van der Waals surface area contributed by atoms with E-state index in [4.69, 9.17) is 5.73 Å². The van der Waals surface area contributed by atoms with E-state index in [9.17, 15) is 18.0 Å². The number of carbonyl (C=O) groups excluding carboxylic acids is 1. The topological polar surface area (TPSA) is 77.2 Å². The zero-order valence-corrected chi connectivity index (χ0v) is 10.6. The molecule has 0 aliphatic carbocycles. The monoisotopic (exact) mass is 299 g/mol. The minimum Gasteiger partial charge on any atom is -0.384 e. The number of hydrogen-bond acceptors (Lipinski definition) is 4. The second-order valence-electron chi connectivity index (χ2n) is 3.37. The maximum atomic E-state index is 11.7. The van der Waals surface area contributed by atoms with Gasteiger partial charge in [0.25, 0.3) is 5.91 Å². The van der Waals surface area contributed by atoms with Gasteiger partial charge < -0.3 is 15.8 Å². The van der Waals surface area contributed by atoms with E-state index in [0.717, 1.165) is 0 Å². The first-order chi connectivity index (χ1) is 8.38. The number of hydrogen-bond donors (Lipinski definition) is 2. The van der Waals surface area contributed by atoms with E-state index in [-0.39, 0.29) is 37.1 Å². The first-order valence-corrected chi connectivity index (χ1v) is 5.04. The van der Waals surface area contributed by atoms with Crippen molar-refractivity contribution in [3.8, 4) is 0 Å². The lowest BCUT2D eigenvalue weighted by atomic mass is 10.3. The van der Waals surface area contributed by atoms with Crippen LogP contribution in [0.25, 0.3) is 0 Å². The van der Waals surface area contributed by atoms with Crippen molar-refractivity contribution >= 4 is 24.1 Å². The molecule has 108 valence electrons. The summed E-state index contributed by atoms with van der Waals surface area (Å²) >= 11 is 0. The number of pyridine rings is 1. The molecule has 0 atom stereocenters. The molecule has 0 fully saturated rings. The van der Waals surface area contributed by atoms with Gasteiger partial charge in [0.15, 0.2) is 0 Å². The molecule has 0 saturated carbocycles. The number of nitrogens with two attached hydrogens (primary N) is 1. The maximum Gasteiger partial charge on any atom is 0.411 e. The molecule has 1 heterocycles. The van der Waals surface area contributed by atoms with Crippen molar-refractivity contribution < 1.29 is 22.7 Å². The van der Waals surface area contributed by atoms with Gasteiger partial charge in [-0.05, 0) is 12.1 Å². The molecule has 0 aliphatic rings. The van der Waals surface area contributed by atoms with Crippen LogP contribution >= 0.6 is 12.4 Å². The van der Waals surface area contributed by atoms with Crippen molar-refractivity contribution in [2.24, 2.45) is 0 Å². The average Bonchev–Trinajstić information content (AvgIpc) is 2.26. The first kappa shape index (κ1) is 17.5. The van der Waals surface area contributed by atoms with Crippen molar-refractivity contribution in [3.63, 3.8) is 0 Å². The molecule has 0 radical (unpaired) electrons. The summed E-state index contributed by atoms with van der Waals surface area (Å²) in [6, 6.07) is 4.52. The third-order valence-electron chi connectivity index (χ3n) is 1.80. The van der Waals surface area contributed by atoms with Crippen LogP contribution in [-0.2, 0) is 4.74 Å². The lowest BCUT2D eigenvalue weighted by Crippen LogP contribution is -2.29. The van der Waals surface area contributed by atoms with Crippen LogP contribution in [0.5, 0.6) is 0 Å². The number of aromatic nitrogens is 1. The van der Waals surface area contributed by atoms with Crippen LogP contribution in [-0.4, -0.2) is 36.8 Å². The molecule has 9 heteroatoms. The van der Waals surface area contributed by atoms with E-state index in [1.54, 1.807) is 6.07 Å². The highest BCUT2D eigenvalue weighted by Gasteiger charge is 2.27. The molecule has 0 saturated heterocycles. The van der Waals surface area contributed by atoms with E-state index in [1.807, 2.05) is 0 Å². The molecule has 5 nitrogen and oxygen atoms in total. The molecule has 0 unspecified atom stereocenters. The van der Waals surface area contributed by atoms with E-state index < -0.39 is 18.7 Å². The van der Waals surface area contributed by atoms with Gasteiger partial charge in [-0.3, -0.25) is 4.79 Å². The number of nitrogen functional groups attached to an aromatic ring is 1. The first-order valence-electron chi connectivity index (χ1n) is 5.04. The molecule has 0 bridgehead atoms. The molecular formula is C10H13ClF3N3O2. The molecule has 0 aliphatic heterocycles. The van der Waals surface area contributed by atoms with E-state index in [2.05, 4.69) is 15.0 Å². The number of ether oxygens (including phenoxy) is 1. The van der Waals surface area contributed by atoms with Crippen LogP contribution in [0.3, 0.4) is 0 Å². The highest BCUT2D eigenvalue weighted by Crippen LogP contribution is 2.13. The predicted molar refractivity (Wildman–Crippen MR) is 65.1 cm³/mol. The minimum atomic E-state index is -4.36. The smallest absolute Gasteiger partial charge is 0.384 e. The third-order valence-corrected chi connectivity index (χ3v) is 1.80. The Balaban J connectivity index is 0.00000324. The zero-order chi connectivity index (χ0) is 13.6. The van der Waals surface area contributed by atoms with Crippen LogP contribution in [0.2, 0.25) is 0 Å². The summed E-state index contributed by atoms with van der Waals surface area (Å²) in [6.07, 6.45) is -4.36.